The lowest BCUT2D eigenvalue weighted by atomic mass is 9.99. The molecule has 0 radical (unpaired) electrons. The van der Waals surface area contributed by atoms with Crippen molar-refractivity contribution in [2.24, 2.45) is 5.14 Å². The van der Waals surface area contributed by atoms with Gasteiger partial charge < -0.3 is 14.6 Å². The number of halogens is 1. The minimum absolute atomic E-state index is 0.121. The topological polar surface area (TPSA) is 101 Å². The Kier molecular flexibility index (Phi) is 8.19. The molecule has 0 fully saturated rings. The summed E-state index contributed by atoms with van der Waals surface area (Å²) in [5, 5.41) is 10.6. The zero-order chi connectivity index (χ0) is 25.0. The smallest absolute Gasteiger partial charge is 0.196 e. The molecule has 2 heterocycles. The van der Waals surface area contributed by atoms with Crippen molar-refractivity contribution in [3.8, 4) is 0 Å². The second kappa shape index (κ2) is 10.9. The monoisotopic (exact) mass is 498 g/mol. The number of hydrogen-bond donors (Lipinski definition) is 2. The van der Waals surface area contributed by atoms with Gasteiger partial charge in [-0.1, -0.05) is 17.7 Å². The third-order valence-electron chi connectivity index (χ3n) is 5.18. The van der Waals surface area contributed by atoms with Gasteiger partial charge >= 0.3 is 0 Å². The van der Waals surface area contributed by atoms with E-state index in [1.54, 1.807) is 25.3 Å². The molecule has 0 amide bonds. The second-order valence-electron chi connectivity index (χ2n) is 8.13. The third kappa shape index (κ3) is 5.52. The van der Waals surface area contributed by atoms with Gasteiger partial charge in [-0.15, -0.1) is 0 Å². The molecule has 3 aromatic rings. The Hall–Kier alpha value is -3.07. The van der Waals surface area contributed by atoms with E-state index in [2.05, 4.69) is 10.3 Å². The Labute approximate surface area is 207 Å². The maximum atomic E-state index is 13.4. The highest BCUT2D eigenvalue weighted by atomic mass is 35.5. The standard InChI is InChI=1S/C25H27ClN4O3S/c1-14-11-18(16(3)28-20-8-9-21(26)29-25(20)34-27)24-19(12-14)22(32)15(2)23(33-24)17(7-6-10-31)13-30(4)5/h6-13,16,28H,27H2,1-5H3/b7-6-,17-13+. The Bertz CT molecular complexity index is 1350. The van der Waals surface area contributed by atoms with E-state index in [1.807, 2.05) is 51.0 Å². The van der Waals surface area contributed by atoms with Crippen LogP contribution in [-0.2, 0) is 4.79 Å². The van der Waals surface area contributed by atoms with Crippen LogP contribution in [0.25, 0.3) is 16.5 Å². The Morgan fingerprint density at radius 2 is 2.03 bits per heavy atom. The molecule has 0 aliphatic rings. The summed E-state index contributed by atoms with van der Waals surface area (Å²) in [5.74, 6) is 0.410. The number of aldehydes is 1. The Morgan fingerprint density at radius 3 is 2.68 bits per heavy atom. The van der Waals surface area contributed by atoms with Crippen LogP contribution >= 0.6 is 23.5 Å². The molecular formula is C25H27ClN4O3S. The first-order valence-electron chi connectivity index (χ1n) is 10.5. The van der Waals surface area contributed by atoms with E-state index in [-0.39, 0.29) is 11.5 Å². The third-order valence-corrected chi connectivity index (χ3v) is 5.93. The predicted molar refractivity (Wildman–Crippen MR) is 140 cm³/mol. The average molecular weight is 499 g/mol. The number of hydrogen-bond acceptors (Lipinski definition) is 8. The summed E-state index contributed by atoms with van der Waals surface area (Å²) in [6.07, 6.45) is 5.49. The van der Waals surface area contributed by atoms with Gasteiger partial charge in [0.1, 0.15) is 27.8 Å². The molecule has 0 saturated carbocycles. The summed E-state index contributed by atoms with van der Waals surface area (Å²) in [6, 6.07) is 7.06. The highest BCUT2D eigenvalue weighted by Gasteiger charge is 2.20. The maximum Gasteiger partial charge on any atom is 0.196 e. The zero-order valence-corrected chi connectivity index (χ0v) is 21.3. The van der Waals surface area contributed by atoms with Crippen LogP contribution in [0.3, 0.4) is 0 Å². The van der Waals surface area contributed by atoms with Gasteiger partial charge in [-0.25, -0.2) is 4.98 Å². The van der Waals surface area contributed by atoms with Crippen molar-refractivity contribution in [3.05, 3.63) is 80.4 Å². The predicted octanol–water partition coefficient (Wildman–Crippen LogP) is 5.25. The molecule has 0 aliphatic carbocycles. The molecule has 0 aliphatic heterocycles. The fraction of sp³-hybridized carbons (Fsp3) is 0.240. The van der Waals surface area contributed by atoms with Gasteiger partial charge in [-0.2, -0.15) is 0 Å². The molecule has 34 heavy (non-hydrogen) atoms. The SMILES string of the molecule is Cc1cc(C(C)Nc2ccc(Cl)nc2SN)c2oc(C(/C=C\C=O)=C/N(C)C)c(C)c(=O)c2c1. The number of benzene rings is 1. The van der Waals surface area contributed by atoms with Crippen molar-refractivity contribution in [2.75, 3.05) is 19.4 Å². The molecule has 1 atom stereocenters. The molecular weight excluding hydrogens is 472 g/mol. The highest BCUT2D eigenvalue weighted by Crippen LogP contribution is 2.33. The van der Waals surface area contributed by atoms with Crippen LogP contribution in [0.5, 0.6) is 0 Å². The Balaban J connectivity index is 2.22. The number of aryl methyl sites for hydroxylation is 1. The molecule has 1 aromatic carbocycles. The van der Waals surface area contributed by atoms with Crippen molar-refractivity contribution in [1.82, 2.24) is 9.88 Å². The number of nitrogens with zero attached hydrogens (tertiary/aromatic N) is 2. The number of nitrogens with two attached hydrogens (primary N) is 1. The van der Waals surface area contributed by atoms with E-state index in [0.29, 0.717) is 44.3 Å². The number of carbonyl (C=O) groups excluding carboxylic acids is 1. The van der Waals surface area contributed by atoms with Crippen molar-refractivity contribution in [2.45, 2.75) is 31.8 Å². The molecule has 178 valence electrons. The molecule has 7 nitrogen and oxygen atoms in total. The molecule has 3 rings (SSSR count). The van der Waals surface area contributed by atoms with Crippen LogP contribution < -0.4 is 15.9 Å². The van der Waals surface area contributed by atoms with Crippen LogP contribution in [-0.4, -0.2) is 30.3 Å². The average Bonchev–Trinajstić information content (AvgIpc) is 2.79. The fourth-order valence-corrected chi connectivity index (χ4v) is 4.29. The lowest BCUT2D eigenvalue weighted by Gasteiger charge is -2.20. The largest absolute Gasteiger partial charge is 0.455 e. The molecule has 1 unspecified atom stereocenters. The number of fused-ring (bicyclic) bond motifs is 1. The van der Waals surface area contributed by atoms with Gasteiger partial charge in [0.25, 0.3) is 0 Å². The van der Waals surface area contributed by atoms with E-state index in [0.717, 1.165) is 28.8 Å². The minimum Gasteiger partial charge on any atom is -0.455 e. The van der Waals surface area contributed by atoms with Gasteiger partial charge in [-0.3, -0.25) is 14.7 Å². The van der Waals surface area contributed by atoms with E-state index < -0.39 is 0 Å². The molecule has 0 saturated heterocycles. The summed E-state index contributed by atoms with van der Waals surface area (Å²) in [5.41, 5.74) is 3.90. The van der Waals surface area contributed by atoms with Gasteiger partial charge in [0, 0.05) is 37.0 Å². The highest BCUT2D eigenvalue weighted by molar-refractivity contribution is 7.97. The normalized spacial score (nSPS) is 12.9. The van der Waals surface area contributed by atoms with Crippen molar-refractivity contribution in [1.29, 1.82) is 0 Å². The van der Waals surface area contributed by atoms with E-state index in [9.17, 15) is 9.59 Å². The molecule has 0 spiro atoms. The summed E-state index contributed by atoms with van der Waals surface area (Å²) < 4.78 is 6.39. The van der Waals surface area contributed by atoms with Crippen LogP contribution in [0.15, 0.2) is 56.9 Å². The van der Waals surface area contributed by atoms with E-state index in [4.69, 9.17) is 21.2 Å². The first-order valence-corrected chi connectivity index (χ1v) is 11.8. The summed E-state index contributed by atoms with van der Waals surface area (Å²) >= 11 is 7.00. The summed E-state index contributed by atoms with van der Waals surface area (Å²) in [4.78, 5) is 30.4. The van der Waals surface area contributed by atoms with Gasteiger partial charge in [0.15, 0.2) is 5.43 Å². The first-order chi connectivity index (χ1) is 16.2. The number of rotatable bonds is 8. The van der Waals surface area contributed by atoms with Crippen LogP contribution in [0.1, 0.15) is 35.4 Å². The quantitative estimate of drug-likeness (QED) is 0.143. The molecule has 2 aromatic heterocycles. The van der Waals surface area contributed by atoms with Crippen LogP contribution in [0.2, 0.25) is 5.15 Å². The van der Waals surface area contributed by atoms with Crippen LogP contribution in [0, 0.1) is 13.8 Å². The lowest BCUT2D eigenvalue weighted by Crippen LogP contribution is -2.14. The summed E-state index contributed by atoms with van der Waals surface area (Å²) in [6.45, 7) is 5.64. The maximum absolute atomic E-state index is 13.4. The number of anilines is 1. The van der Waals surface area contributed by atoms with Crippen molar-refractivity contribution >= 4 is 52.1 Å². The molecule has 0 bridgehead atoms. The van der Waals surface area contributed by atoms with E-state index in [1.165, 1.54) is 6.08 Å². The first kappa shape index (κ1) is 25.6. The lowest BCUT2D eigenvalue weighted by molar-refractivity contribution is -0.104. The number of carbonyl (C=O) groups is 1. The van der Waals surface area contributed by atoms with Gasteiger partial charge in [-0.05, 0) is 68.6 Å². The number of pyridine rings is 1. The number of allylic oxidation sites excluding steroid dienone is 3. The van der Waals surface area contributed by atoms with Crippen molar-refractivity contribution in [3.63, 3.8) is 0 Å². The molecule has 3 N–H and O–H groups in total. The van der Waals surface area contributed by atoms with Crippen LogP contribution in [0.4, 0.5) is 5.69 Å². The fourth-order valence-electron chi connectivity index (χ4n) is 3.69. The minimum atomic E-state index is -0.248. The second-order valence-corrected chi connectivity index (χ2v) is 9.14. The number of aromatic nitrogens is 1. The molecule has 9 heteroatoms. The van der Waals surface area contributed by atoms with E-state index >= 15 is 0 Å². The zero-order valence-electron chi connectivity index (χ0n) is 19.7. The Morgan fingerprint density at radius 1 is 1.29 bits per heavy atom. The van der Waals surface area contributed by atoms with Gasteiger partial charge in [0.05, 0.1) is 17.1 Å². The number of nitrogens with one attached hydrogen (secondary N) is 1. The van der Waals surface area contributed by atoms with Crippen molar-refractivity contribution < 1.29 is 9.21 Å². The summed E-state index contributed by atoms with van der Waals surface area (Å²) in [7, 11) is 3.72. The van der Waals surface area contributed by atoms with Gasteiger partial charge in [0.2, 0.25) is 0 Å².